The van der Waals surface area contributed by atoms with Crippen molar-refractivity contribution in [1.82, 2.24) is 9.88 Å². The average Bonchev–Trinajstić information content (AvgIpc) is 2.42. The molecule has 0 aliphatic heterocycles. The van der Waals surface area contributed by atoms with Crippen molar-refractivity contribution in [3.8, 4) is 0 Å². The van der Waals surface area contributed by atoms with Crippen LogP contribution in [0.3, 0.4) is 0 Å². The van der Waals surface area contributed by atoms with Gasteiger partial charge >= 0.3 is 0 Å². The van der Waals surface area contributed by atoms with Crippen molar-refractivity contribution in [3.05, 3.63) is 30.1 Å². The van der Waals surface area contributed by atoms with E-state index >= 15 is 0 Å². The highest BCUT2D eigenvalue weighted by atomic mass is 32.2. The molecule has 1 aromatic rings. The van der Waals surface area contributed by atoms with E-state index in [0.29, 0.717) is 6.54 Å². The number of aromatic nitrogens is 1. The van der Waals surface area contributed by atoms with E-state index < -0.39 is 6.04 Å². The van der Waals surface area contributed by atoms with E-state index in [1.165, 1.54) is 0 Å². The molecule has 1 heterocycles. The predicted octanol–water partition coefficient (Wildman–Crippen LogP) is 1.90. The third-order valence-electron chi connectivity index (χ3n) is 2.93. The van der Waals surface area contributed by atoms with Crippen LogP contribution in [0.1, 0.15) is 25.8 Å². The Kier molecular flexibility index (Phi) is 6.87. The first-order chi connectivity index (χ1) is 9.06. The van der Waals surface area contributed by atoms with E-state index in [-0.39, 0.29) is 11.9 Å². The normalized spacial score (nSPS) is 12.5. The molecule has 0 fully saturated rings. The van der Waals surface area contributed by atoms with Crippen molar-refractivity contribution in [2.45, 2.75) is 38.9 Å². The van der Waals surface area contributed by atoms with E-state index in [2.05, 4.69) is 4.98 Å². The lowest BCUT2D eigenvalue weighted by Gasteiger charge is -2.29. The van der Waals surface area contributed by atoms with Gasteiger partial charge in [0.15, 0.2) is 0 Å². The van der Waals surface area contributed by atoms with E-state index in [4.69, 9.17) is 5.73 Å². The van der Waals surface area contributed by atoms with Crippen molar-refractivity contribution in [2.75, 3.05) is 12.0 Å². The number of amides is 1. The summed E-state index contributed by atoms with van der Waals surface area (Å²) in [5.74, 6) is 0.930. The molecule has 0 bridgehead atoms. The molecule has 0 saturated heterocycles. The number of rotatable bonds is 7. The van der Waals surface area contributed by atoms with Gasteiger partial charge in [-0.1, -0.05) is 6.07 Å². The summed E-state index contributed by atoms with van der Waals surface area (Å²) < 4.78 is 0. The van der Waals surface area contributed by atoms with Crippen molar-refractivity contribution in [3.63, 3.8) is 0 Å². The van der Waals surface area contributed by atoms with Gasteiger partial charge in [0, 0.05) is 25.0 Å². The van der Waals surface area contributed by atoms with Crippen LogP contribution in [0.15, 0.2) is 24.5 Å². The third-order valence-corrected chi connectivity index (χ3v) is 3.58. The maximum Gasteiger partial charge on any atom is 0.240 e. The van der Waals surface area contributed by atoms with E-state index in [9.17, 15) is 4.79 Å². The molecule has 1 atom stereocenters. The molecule has 5 heteroatoms. The number of carbonyl (C=O) groups excluding carboxylic acids is 1. The van der Waals surface area contributed by atoms with Gasteiger partial charge in [-0.25, -0.2) is 0 Å². The summed E-state index contributed by atoms with van der Waals surface area (Å²) in [7, 11) is 0. The summed E-state index contributed by atoms with van der Waals surface area (Å²) >= 11 is 1.71. The Morgan fingerprint density at radius 1 is 1.53 bits per heavy atom. The number of nitrogens with two attached hydrogens (primary N) is 1. The van der Waals surface area contributed by atoms with Crippen LogP contribution < -0.4 is 5.73 Å². The van der Waals surface area contributed by atoms with Gasteiger partial charge < -0.3 is 10.6 Å². The topological polar surface area (TPSA) is 59.2 Å². The molecular weight excluding hydrogens is 258 g/mol. The van der Waals surface area contributed by atoms with Gasteiger partial charge in [0.2, 0.25) is 5.91 Å². The standard InChI is InChI=1S/C14H23N3OS/c1-11(2)17(10-12-5-4-7-16-9-12)14(18)13(15)6-8-19-3/h4-5,7,9,11,13H,6,8,10,15H2,1-3H3/t13-/m0/s1. The summed E-state index contributed by atoms with van der Waals surface area (Å²) in [5, 5.41) is 0. The highest BCUT2D eigenvalue weighted by Crippen LogP contribution is 2.11. The van der Waals surface area contributed by atoms with E-state index in [1.807, 2.05) is 37.1 Å². The summed E-state index contributed by atoms with van der Waals surface area (Å²) in [6.45, 7) is 4.59. The summed E-state index contributed by atoms with van der Waals surface area (Å²) in [6, 6.07) is 3.58. The zero-order chi connectivity index (χ0) is 14.3. The molecule has 1 amide bonds. The van der Waals surface area contributed by atoms with Crippen molar-refractivity contribution in [2.24, 2.45) is 5.73 Å². The predicted molar refractivity (Wildman–Crippen MR) is 80.9 cm³/mol. The first-order valence-corrected chi connectivity index (χ1v) is 7.89. The van der Waals surface area contributed by atoms with E-state index in [0.717, 1.165) is 17.7 Å². The molecule has 0 saturated carbocycles. The number of hydrogen-bond acceptors (Lipinski definition) is 4. The highest BCUT2D eigenvalue weighted by molar-refractivity contribution is 7.98. The number of nitrogens with zero attached hydrogens (tertiary/aromatic N) is 2. The fourth-order valence-electron chi connectivity index (χ4n) is 1.78. The third kappa shape index (κ3) is 5.20. The van der Waals surface area contributed by atoms with Crippen LogP contribution in [0, 0.1) is 0 Å². The minimum absolute atomic E-state index is 0.0212. The fourth-order valence-corrected chi connectivity index (χ4v) is 2.27. The average molecular weight is 281 g/mol. The van der Waals surface area contributed by atoms with Crippen LogP contribution in [0.5, 0.6) is 0 Å². The summed E-state index contributed by atoms with van der Waals surface area (Å²) in [5.41, 5.74) is 7.00. The number of thioether (sulfide) groups is 1. The molecule has 0 radical (unpaired) electrons. The van der Waals surface area contributed by atoms with Crippen LogP contribution in [0.25, 0.3) is 0 Å². The monoisotopic (exact) mass is 281 g/mol. The molecular formula is C14H23N3OS. The van der Waals surface area contributed by atoms with Gasteiger partial charge in [0.25, 0.3) is 0 Å². The Hall–Kier alpha value is -1.07. The first kappa shape index (κ1) is 16.0. The molecule has 19 heavy (non-hydrogen) atoms. The fraction of sp³-hybridized carbons (Fsp3) is 0.571. The quantitative estimate of drug-likeness (QED) is 0.829. The first-order valence-electron chi connectivity index (χ1n) is 6.50. The summed E-state index contributed by atoms with van der Waals surface area (Å²) in [6.07, 6.45) is 6.26. The Balaban J connectivity index is 2.69. The largest absolute Gasteiger partial charge is 0.335 e. The molecule has 0 aromatic carbocycles. The molecule has 0 aliphatic carbocycles. The number of pyridine rings is 1. The molecule has 1 aromatic heterocycles. The molecule has 1 rings (SSSR count). The highest BCUT2D eigenvalue weighted by Gasteiger charge is 2.23. The van der Waals surface area contributed by atoms with Crippen LogP contribution in [0.4, 0.5) is 0 Å². The van der Waals surface area contributed by atoms with Gasteiger partial charge in [0.05, 0.1) is 6.04 Å². The lowest BCUT2D eigenvalue weighted by Crippen LogP contribution is -2.46. The Morgan fingerprint density at radius 2 is 2.26 bits per heavy atom. The minimum Gasteiger partial charge on any atom is -0.335 e. The second-order valence-electron chi connectivity index (χ2n) is 4.81. The molecule has 106 valence electrons. The van der Waals surface area contributed by atoms with Crippen LogP contribution in [0.2, 0.25) is 0 Å². The zero-order valence-corrected chi connectivity index (χ0v) is 12.7. The van der Waals surface area contributed by atoms with Crippen LogP contribution in [-0.2, 0) is 11.3 Å². The van der Waals surface area contributed by atoms with Gasteiger partial charge in [0.1, 0.15) is 0 Å². The molecule has 0 aliphatic rings. The zero-order valence-electron chi connectivity index (χ0n) is 11.9. The second-order valence-corrected chi connectivity index (χ2v) is 5.79. The molecule has 0 spiro atoms. The van der Waals surface area contributed by atoms with Crippen LogP contribution >= 0.6 is 11.8 Å². The number of hydrogen-bond donors (Lipinski definition) is 1. The van der Waals surface area contributed by atoms with Crippen molar-refractivity contribution in [1.29, 1.82) is 0 Å². The van der Waals surface area contributed by atoms with Crippen LogP contribution in [-0.4, -0.2) is 39.9 Å². The van der Waals surface area contributed by atoms with Crippen molar-refractivity contribution >= 4 is 17.7 Å². The summed E-state index contributed by atoms with van der Waals surface area (Å²) in [4.78, 5) is 18.3. The molecule has 4 nitrogen and oxygen atoms in total. The van der Waals surface area contributed by atoms with Gasteiger partial charge in [-0.2, -0.15) is 11.8 Å². The lowest BCUT2D eigenvalue weighted by atomic mass is 10.1. The maximum absolute atomic E-state index is 12.4. The van der Waals surface area contributed by atoms with Gasteiger partial charge in [-0.05, 0) is 43.9 Å². The second kappa shape index (κ2) is 8.17. The SMILES string of the molecule is CSCC[C@H](N)C(=O)N(Cc1cccnc1)C(C)C. The Labute approximate surface area is 119 Å². The number of carbonyl (C=O) groups is 1. The smallest absolute Gasteiger partial charge is 0.240 e. The van der Waals surface area contributed by atoms with Crippen molar-refractivity contribution < 1.29 is 4.79 Å². The maximum atomic E-state index is 12.4. The lowest BCUT2D eigenvalue weighted by molar-refractivity contribution is -0.135. The van der Waals surface area contributed by atoms with E-state index in [1.54, 1.807) is 24.2 Å². The molecule has 0 unspecified atom stereocenters. The Morgan fingerprint density at radius 3 is 2.79 bits per heavy atom. The van der Waals surface area contributed by atoms with Gasteiger partial charge in [-0.15, -0.1) is 0 Å². The molecule has 2 N–H and O–H groups in total. The Bertz CT molecular complexity index is 384. The van der Waals surface area contributed by atoms with Gasteiger partial charge in [-0.3, -0.25) is 9.78 Å². The minimum atomic E-state index is -0.411.